The van der Waals surface area contributed by atoms with Crippen LogP contribution in [0.1, 0.15) is 26.3 Å². The van der Waals surface area contributed by atoms with Crippen molar-refractivity contribution in [3.8, 4) is 17.2 Å². The van der Waals surface area contributed by atoms with Crippen LogP contribution in [0.25, 0.3) is 0 Å². The smallest absolute Gasteiger partial charge is 0.229 e. The normalized spacial score (nSPS) is 13.0. The van der Waals surface area contributed by atoms with Crippen LogP contribution >= 0.6 is 0 Å². The van der Waals surface area contributed by atoms with E-state index in [0.717, 1.165) is 5.56 Å². The van der Waals surface area contributed by atoms with E-state index in [4.69, 9.17) is 9.47 Å². The number of hydrogen-bond donors (Lipinski definition) is 0. The summed E-state index contributed by atoms with van der Waals surface area (Å²) in [5.41, 5.74) is 1.89. The summed E-state index contributed by atoms with van der Waals surface area (Å²) in [4.78, 5) is 24.8. The van der Waals surface area contributed by atoms with Gasteiger partial charge in [-0.15, -0.1) is 0 Å². The minimum Gasteiger partial charge on any atom is -0.457 e. The molecule has 0 saturated heterocycles. The van der Waals surface area contributed by atoms with Crippen molar-refractivity contribution in [2.45, 2.75) is 6.92 Å². The van der Waals surface area contributed by atoms with Gasteiger partial charge in [-0.1, -0.05) is 48.0 Å². The van der Waals surface area contributed by atoms with E-state index in [-0.39, 0.29) is 17.3 Å². The van der Waals surface area contributed by atoms with Crippen LogP contribution in [0.4, 0.5) is 0 Å². The molecular weight excluding hydrogens is 340 g/mol. The molecule has 0 heterocycles. The Hall–Kier alpha value is -3.66. The van der Waals surface area contributed by atoms with Gasteiger partial charge < -0.3 is 9.47 Å². The number of aryl methyl sites for hydroxylation is 1. The van der Waals surface area contributed by atoms with Crippen molar-refractivity contribution in [2.75, 3.05) is 0 Å². The van der Waals surface area contributed by atoms with Crippen molar-refractivity contribution in [3.63, 3.8) is 0 Å². The van der Waals surface area contributed by atoms with Gasteiger partial charge in [0.25, 0.3) is 0 Å². The number of Topliss-reactive ketones (excluding diaryl/α,β-unsaturated/α-hetero) is 1. The monoisotopic (exact) mass is 356 g/mol. The van der Waals surface area contributed by atoms with Crippen LogP contribution in [0, 0.1) is 6.92 Å². The Labute approximate surface area is 156 Å². The van der Waals surface area contributed by atoms with Gasteiger partial charge in [0.2, 0.25) is 5.78 Å². The first-order valence-electron chi connectivity index (χ1n) is 8.52. The van der Waals surface area contributed by atoms with Gasteiger partial charge in [-0.25, -0.2) is 0 Å². The molecule has 0 spiro atoms. The number of ketones is 2. The SMILES string of the molecule is Cc1ccc(Oc2cccc(OC3=CC(=O)c4ccccc4C3=O)c2)cc1. The van der Waals surface area contributed by atoms with E-state index in [0.29, 0.717) is 28.4 Å². The molecule has 0 unspecified atom stereocenters. The zero-order valence-corrected chi connectivity index (χ0v) is 14.6. The van der Waals surface area contributed by atoms with Gasteiger partial charge >= 0.3 is 0 Å². The second kappa shape index (κ2) is 6.92. The molecule has 0 amide bonds. The third-order valence-electron chi connectivity index (χ3n) is 4.21. The van der Waals surface area contributed by atoms with Gasteiger partial charge in [0, 0.05) is 23.3 Å². The molecule has 0 N–H and O–H groups in total. The largest absolute Gasteiger partial charge is 0.457 e. The predicted octanol–water partition coefficient (Wildman–Crippen LogP) is 5.13. The number of carbonyl (C=O) groups excluding carboxylic acids is 2. The van der Waals surface area contributed by atoms with E-state index in [1.807, 2.05) is 31.2 Å². The predicted molar refractivity (Wildman–Crippen MR) is 102 cm³/mol. The summed E-state index contributed by atoms with van der Waals surface area (Å²) in [6.45, 7) is 2.01. The Morgan fingerprint density at radius 1 is 0.667 bits per heavy atom. The first-order chi connectivity index (χ1) is 13.1. The summed E-state index contributed by atoms with van der Waals surface area (Å²) in [7, 11) is 0. The van der Waals surface area contributed by atoms with Crippen LogP contribution in [0.5, 0.6) is 17.2 Å². The fraction of sp³-hybridized carbons (Fsp3) is 0.0435. The summed E-state index contributed by atoms with van der Waals surface area (Å²) in [5.74, 6) is 1.15. The molecule has 0 atom stereocenters. The summed E-state index contributed by atoms with van der Waals surface area (Å²) < 4.78 is 11.5. The first kappa shape index (κ1) is 16.8. The highest BCUT2D eigenvalue weighted by atomic mass is 16.5. The number of hydrogen-bond acceptors (Lipinski definition) is 4. The van der Waals surface area contributed by atoms with E-state index in [1.165, 1.54) is 6.08 Å². The minimum atomic E-state index is -0.310. The molecule has 132 valence electrons. The average Bonchev–Trinajstić information content (AvgIpc) is 2.68. The zero-order chi connectivity index (χ0) is 18.8. The molecule has 4 nitrogen and oxygen atoms in total. The lowest BCUT2D eigenvalue weighted by Gasteiger charge is -2.16. The quantitative estimate of drug-likeness (QED) is 0.650. The van der Waals surface area contributed by atoms with E-state index in [9.17, 15) is 9.59 Å². The van der Waals surface area contributed by atoms with E-state index in [2.05, 4.69) is 0 Å². The second-order valence-electron chi connectivity index (χ2n) is 6.24. The number of carbonyl (C=O) groups is 2. The number of benzene rings is 3. The highest BCUT2D eigenvalue weighted by molar-refractivity contribution is 6.23. The van der Waals surface area contributed by atoms with Crippen LogP contribution in [0.15, 0.2) is 84.6 Å². The molecule has 0 radical (unpaired) electrons. The molecule has 1 aliphatic rings. The van der Waals surface area contributed by atoms with Crippen LogP contribution in [0.3, 0.4) is 0 Å². The third-order valence-corrected chi connectivity index (χ3v) is 4.21. The highest BCUT2D eigenvalue weighted by Crippen LogP contribution is 2.28. The van der Waals surface area contributed by atoms with Crippen molar-refractivity contribution in [1.82, 2.24) is 0 Å². The van der Waals surface area contributed by atoms with Crippen molar-refractivity contribution in [3.05, 3.63) is 101 Å². The molecular formula is C23H16O4. The standard InChI is InChI=1S/C23H16O4/c1-15-9-11-16(12-10-15)26-17-5-4-6-18(13-17)27-22-14-21(24)19-7-2-3-8-20(19)23(22)25/h2-14H,1H3. The number of allylic oxidation sites excluding steroid dienone is 2. The van der Waals surface area contributed by atoms with E-state index < -0.39 is 0 Å². The van der Waals surface area contributed by atoms with Crippen molar-refractivity contribution >= 4 is 11.6 Å². The summed E-state index contributed by atoms with van der Waals surface area (Å²) in [6.07, 6.45) is 1.23. The third kappa shape index (κ3) is 3.51. The molecule has 3 aromatic rings. The molecule has 0 saturated carbocycles. The Bertz CT molecular complexity index is 1060. The zero-order valence-electron chi connectivity index (χ0n) is 14.6. The van der Waals surface area contributed by atoms with Gasteiger partial charge in [0.1, 0.15) is 17.2 Å². The maximum Gasteiger partial charge on any atom is 0.229 e. The van der Waals surface area contributed by atoms with E-state index in [1.54, 1.807) is 48.5 Å². The maximum absolute atomic E-state index is 12.6. The Morgan fingerprint density at radius 2 is 1.33 bits per heavy atom. The van der Waals surface area contributed by atoms with Crippen molar-refractivity contribution < 1.29 is 19.1 Å². The van der Waals surface area contributed by atoms with Gasteiger partial charge in [-0.2, -0.15) is 0 Å². The lowest BCUT2D eigenvalue weighted by Crippen LogP contribution is -2.20. The molecule has 0 bridgehead atoms. The molecule has 27 heavy (non-hydrogen) atoms. The average molecular weight is 356 g/mol. The molecule has 1 aliphatic carbocycles. The van der Waals surface area contributed by atoms with Crippen molar-refractivity contribution in [2.24, 2.45) is 0 Å². The topological polar surface area (TPSA) is 52.6 Å². The lowest BCUT2D eigenvalue weighted by molar-refractivity contribution is 0.0946. The van der Waals surface area contributed by atoms with Crippen LogP contribution in [-0.2, 0) is 0 Å². The van der Waals surface area contributed by atoms with Crippen LogP contribution in [0.2, 0.25) is 0 Å². The number of rotatable bonds is 4. The summed E-state index contributed by atoms with van der Waals surface area (Å²) in [6, 6.07) is 21.4. The molecule has 0 fully saturated rings. The lowest BCUT2D eigenvalue weighted by atomic mass is 9.94. The van der Waals surface area contributed by atoms with E-state index >= 15 is 0 Å². The maximum atomic E-state index is 12.6. The molecule has 4 rings (SSSR count). The Balaban J connectivity index is 1.56. The van der Waals surface area contributed by atoms with Crippen molar-refractivity contribution in [1.29, 1.82) is 0 Å². The second-order valence-corrected chi connectivity index (χ2v) is 6.24. The first-order valence-corrected chi connectivity index (χ1v) is 8.52. The molecule has 3 aromatic carbocycles. The Morgan fingerprint density at radius 3 is 2.07 bits per heavy atom. The minimum absolute atomic E-state index is 0.00573. The number of ether oxygens (including phenoxy) is 2. The highest BCUT2D eigenvalue weighted by Gasteiger charge is 2.26. The van der Waals surface area contributed by atoms with Gasteiger partial charge in [0.15, 0.2) is 11.5 Å². The molecule has 0 aromatic heterocycles. The van der Waals surface area contributed by atoms with Gasteiger partial charge in [0.05, 0.1) is 0 Å². The van der Waals surface area contributed by atoms with Crippen LogP contribution in [-0.4, -0.2) is 11.6 Å². The molecule has 4 heteroatoms. The number of fused-ring (bicyclic) bond motifs is 1. The fourth-order valence-corrected chi connectivity index (χ4v) is 2.84. The molecule has 0 aliphatic heterocycles. The van der Waals surface area contributed by atoms with Crippen LogP contribution < -0.4 is 9.47 Å². The summed E-state index contributed by atoms with van der Waals surface area (Å²) in [5, 5.41) is 0. The summed E-state index contributed by atoms with van der Waals surface area (Å²) >= 11 is 0. The van der Waals surface area contributed by atoms with Gasteiger partial charge in [-0.05, 0) is 31.2 Å². The van der Waals surface area contributed by atoms with Gasteiger partial charge in [-0.3, -0.25) is 9.59 Å². The Kier molecular flexibility index (Phi) is 4.30. The fourth-order valence-electron chi connectivity index (χ4n) is 2.84.